The molecule has 1 saturated heterocycles. The van der Waals surface area contributed by atoms with Crippen LogP contribution < -0.4 is 10.2 Å². The Morgan fingerprint density at radius 2 is 2.15 bits per heavy atom. The van der Waals surface area contributed by atoms with Crippen LogP contribution in [-0.2, 0) is 4.79 Å². The van der Waals surface area contributed by atoms with Gasteiger partial charge in [-0.25, -0.2) is 4.98 Å². The van der Waals surface area contributed by atoms with Gasteiger partial charge in [-0.3, -0.25) is 9.79 Å². The molecule has 7 heteroatoms. The molecule has 0 aromatic carbocycles. The molecule has 1 saturated carbocycles. The number of aliphatic imine (C=N–C) groups is 1. The van der Waals surface area contributed by atoms with Gasteiger partial charge in [0, 0.05) is 38.0 Å². The number of hydrogen-bond donors (Lipinski definition) is 1. The molecule has 140 valence electrons. The summed E-state index contributed by atoms with van der Waals surface area (Å²) >= 11 is 0. The Morgan fingerprint density at radius 3 is 2.81 bits per heavy atom. The highest BCUT2D eigenvalue weighted by Gasteiger charge is 2.29. The molecule has 3 heterocycles. The monoisotopic (exact) mass is 364 g/mol. The van der Waals surface area contributed by atoms with E-state index in [0.717, 1.165) is 24.6 Å². The number of nitrogens with one attached hydrogen (secondary N) is 1. The van der Waals surface area contributed by atoms with Gasteiger partial charge in [-0.05, 0) is 37.7 Å². The van der Waals surface area contributed by atoms with Crippen LogP contribution in [0.5, 0.6) is 0 Å². The number of fused-ring (bicyclic) bond motifs is 1. The summed E-state index contributed by atoms with van der Waals surface area (Å²) in [6, 6.07) is 1.91. The largest absolute Gasteiger partial charge is 0.356 e. The van der Waals surface area contributed by atoms with Crippen LogP contribution in [0.25, 0.3) is 5.65 Å². The highest BCUT2D eigenvalue weighted by molar-refractivity contribution is 6.17. The molecule has 2 aromatic rings. The maximum Gasteiger partial charge on any atom is 0.258 e. The zero-order valence-electron chi connectivity index (χ0n) is 15.6. The van der Waals surface area contributed by atoms with Crippen LogP contribution in [0.4, 0.5) is 11.6 Å². The topological polar surface area (TPSA) is 74.9 Å². The maximum absolute atomic E-state index is 12.7. The fourth-order valence-electron chi connectivity index (χ4n) is 3.48. The van der Waals surface area contributed by atoms with E-state index in [-0.39, 0.29) is 5.91 Å². The highest BCUT2D eigenvalue weighted by atomic mass is 16.1. The van der Waals surface area contributed by atoms with Crippen molar-refractivity contribution in [2.45, 2.75) is 31.6 Å². The van der Waals surface area contributed by atoms with Crippen molar-refractivity contribution in [1.82, 2.24) is 14.6 Å². The number of carbonyl (C=O) groups excluding carboxylic acids is 1. The van der Waals surface area contributed by atoms with Crippen molar-refractivity contribution in [3.8, 4) is 0 Å². The highest BCUT2D eigenvalue weighted by Crippen LogP contribution is 2.42. The second-order valence-corrected chi connectivity index (χ2v) is 7.00. The molecule has 0 spiro atoms. The van der Waals surface area contributed by atoms with E-state index in [2.05, 4.69) is 26.9 Å². The summed E-state index contributed by atoms with van der Waals surface area (Å²) in [5.41, 5.74) is 2.45. The van der Waals surface area contributed by atoms with Crippen LogP contribution >= 0.6 is 0 Å². The van der Waals surface area contributed by atoms with Gasteiger partial charge in [-0.2, -0.15) is 9.61 Å². The molecular weight excluding hydrogens is 340 g/mol. The first-order valence-electron chi connectivity index (χ1n) is 9.41. The van der Waals surface area contributed by atoms with E-state index in [9.17, 15) is 4.79 Å². The quantitative estimate of drug-likeness (QED) is 0.486. The summed E-state index contributed by atoms with van der Waals surface area (Å²) in [4.78, 5) is 23.8. The Hall–Kier alpha value is -2.96. The molecular formula is C20H24N6O. The molecule has 0 bridgehead atoms. The van der Waals surface area contributed by atoms with E-state index >= 15 is 0 Å². The third-order valence-electron chi connectivity index (χ3n) is 5.00. The minimum absolute atomic E-state index is 0.246. The molecule has 4 rings (SSSR count). The molecule has 1 aliphatic carbocycles. The number of nitrogens with zero attached hydrogens (tertiary/aromatic N) is 5. The average Bonchev–Trinajstić information content (AvgIpc) is 3.19. The third kappa shape index (κ3) is 3.49. The van der Waals surface area contributed by atoms with Crippen molar-refractivity contribution in [2.24, 2.45) is 4.99 Å². The molecule has 1 aliphatic heterocycles. The summed E-state index contributed by atoms with van der Waals surface area (Å²) in [5.74, 6) is 1.81. The molecule has 0 radical (unpaired) electrons. The normalized spacial score (nSPS) is 17.8. The molecule has 0 atom stereocenters. The number of rotatable bonds is 6. The number of carbonyl (C=O) groups is 1. The Kier molecular flexibility index (Phi) is 4.75. The molecule has 1 amide bonds. The Bertz CT molecular complexity index is 931. The number of anilines is 2. The van der Waals surface area contributed by atoms with Gasteiger partial charge in [0.2, 0.25) is 0 Å². The van der Waals surface area contributed by atoms with E-state index in [1.807, 2.05) is 12.3 Å². The molecule has 7 nitrogen and oxygen atoms in total. The SMILES string of the molecule is C=C/C=C(\C=NC)C(=O)Nc1cc(N2CCCC2)nc2c(C3CC3)cnn12. The van der Waals surface area contributed by atoms with Gasteiger partial charge in [0.1, 0.15) is 11.6 Å². The maximum atomic E-state index is 12.7. The van der Waals surface area contributed by atoms with Gasteiger partial charge in [0.15, 0.2) is 5.65 Å². The fraction of sp³-hybridized carbons (Fsp3) is 0.400. The summed E-state index contributed by atoms with van der Waals surface area (Å²) in [5, 5.41) is 7.48. The molecule has 1 N–H and O–H groups in total. The summed E-state index contributed by atoms with van der Waals surface area (Å²) in [6.07, 6.45) is 11.3. The van der Waals surface area contributed by atoms with Crippen LogP contribution in [0, 0.1) is 0 Å². The predicted octanol–water partition coefficient (Wildman–Crippen LogP) is 2.96. The lowest BCUT2D eigenvalue weighted by molar-refractivity contribution is -0.112. The molecule has 0 unspecified atom stereocenters. The van der Waals surface area contributed by atoms with Gasteiger partial charge in [0.25, 0.3) is 5.91 Å². The van der Waals surface area contributed by atoms with E-state index < -0.39 is 0 Å². The first kappa shape index (κ1) is 17.5. The van der Waals surface area contributed by atoms with Crippen LogP contribution in [0.3, 0.4) is 0 Å². The molecule has 27 heavy (non-hydrogen) atoms. The first-order valence-corrected chi connectivity index (χ1v) is 9.41. The first-order chi connectivity index (χ1) is 13.2. The van der Waals surface area contributed by atoms with E-state index in [1.165, 1.54) is 37.5 Å². The van der Waals surface area contributed by atoms with Crippen molar-refractivity contribution >= 4 is 29.4 Å². The van der Waals surface area contributed by atoms with Crippen molar-refractivity contribution in [2.75, 3.05) is 30.4 Å². The van der Waals surface area contributed by atoms with Crippen molar-refractivity contribution < 1.29 is 4.79 Å². The lowest BCUT2D eigenvalue weighted by Crippen LogP contribution is -2.22. The minimum Gasteiger partial charge on any atom is -0.356 e. The van der Waals surface area contributed by atoms with Crippen molar-refractivity contribution in [3.05, 3.63) is 42.1 Å². The Balaban J connectivity index is 1.75. The predicted molar refractivity (Wildman–Crippen MR) is 108 cm³/mol. The second-order valence-electron chi connectivity index (χ2n) is 7.00. The van der Waals surface area contributed by atoms with Gasteiger partial charge in [-0.1, -0.05) is 12.7 Å². The van der Waals surface area contributed by atoms with Gasteiger partial charge in [-0.15, -0.1) is 0 Å². The number of hydrogen-bond acceptors (Lipinski definition) is 5. The van der Waals surface area contributed by atoms with E-state index in [4.69, 9.17) is 4.98 Å². The fourth-order valence-corrected chi connectivity index (χ4v) is 3.48. The van der Waals surface area contributed by atoms with Crippen molar-refractivity contribution in [3.63, 3.8) is 0 Å². The standard InChI is InChI=1S/C20H24N6O/c1-3-6-15(12-21-2)20(27)24-18-11-17(25-9-4-5-10-25)23-19-16(14-7-8-14)13-22-26(18)19/h3,6,11-14H,1,4-5,7-10H2,2H3,(H,24,27)/b15-6+,21-12?. The summed E-state index contributed by atoms with van der Waals surface area (Å²) in [6.45, 7) is 5.65. The van der Waals surface area contributed by atoms with E-state index in [0.29, 0.717) is 17.3 Å². The zero-order chi connectivity index (χ0) is 18.8. The Morgan fingerprint density at radius 1 is 1.37 bits per heavy atom. The van der Waals surface area contributed by atoms with Crippen LogP contribution in [0.2, 0.25) is 0 Å². The molecule has 2 aromatic heterocycles. The Labute approximate surface area is 158 Å². The minimum atomic E-state index is -0.246. The van der Waals surface area contributed by atoms with Crippen LogP contribution in [-0.4, -0.2) is 46.9 Å². The van der Waals surface area contributed by atoms with Crippen LogP contribution in [0.1, 0.15) is 37.2 Å². The van der Waals surface area contributed by atoms with Gasteiger partial charge in [0.05, 0.1) is 11.8 Å². The van der Waals surface area contributed by atoms with Crippen molar-refractivity contribution in [1.29, 1.82) is 0 Å². The zero-order valence-corrected chi connectivity index (χ0v) is 15.6. The molecule has 2 fully saturated rings. The lowest BCUT2D eigenvalue weighted by Gasteiger charge is -2.18. The second kappa shape index (κ2) is 7.34. The van der Waals surface area contributed by atoms with Gasteiger partial charge >= 0.3 is 0 Å². The molecule has 2 aliphatic rings. The third-order valence-corrected chi connectivity index (χ3v) is 5.00. The number of aromatic nitrogens is 3. The number of amides is 1. The number of allylic oxidation sites excluding steroid dienone is 2. The summed E-state index contributed by atoms with van der Waals surface area (Å²) < 4.78 is 1.74. The smallest absolute Gasteiger partial charge is 0.258 e. The summed E-state index contributed by atoms with van der Waals surface area (Å²) in [7, 11) is 1.63. The van der Waals surface area contributed by atoms with Gasteiger partial charge < -0.3 is 10.2 Å². The average molecular weight is 364 g/mol. The lowest BCUT2D eigenvalue weighted by atomic mass is 10.2. The van der Waals surface area contributed by atoms with E-state index in [1.54, 1.807) is 23.7 Å². The van der Waals surface area contributed by atoms with Crippen LogP contribution in [0.15, 0.2) is 41.6 Å².